The molecule has 3 aromatic carbocycles. The van der Waals surface area contributed by atoms with Crippen molar-refractivity contribution >= 4 is 16.8 Å². The maximum atomic E-state index is 12.6. The van der Waals surface area contributed by atoms with Crippen LogP contribution in [0.15, 0.2) is 91.1 Å². The molecule has 0 aliphatic carbocycles. The monoisotopic (exact) mass is 424 g/mol. The lowest BCUT2D eigenvalue weighted by atomic mass is 10.0. The fraction of sp³-hybridized carbons (Fsp3) is 0.148. The first-order chi connectivity index (χ1) is 15.7. The molecule has 0 radical (unpaired) electrons. The summed E-state index contributed by atoms with van der Waals surface area (Å²) in [6.45, 7) is 1.04. The minimum absolute atomic E-state index is 0.0108. The van der Waals surface area contributed by atoms with E-state index in [1.807, 2.05) is 90.0 Å². The number of hydrogen-bond acceptors (Lipinski definition) is 3. The van der Waals surface area contributed by atoms with Gasteiger partial charge in [0, 0.05) is 35.3 Å². The molecule has 1 atom stereocenters. The Bertz CT molecular complexity index is 1260. The fourth-order valence-corrected chi connectivity index (χ4v) is 4.08. The van der Waals surface area contributed by atoms with Gasteiger partial charge in [0.2, 0.25) is 5.91 Å². The lowest BCUT2D eigenvalue weighted by molar-refractivity contribution is -0.126. The number of hydrogen-bond donors (Lipinski definition) is 1. The minimum Gasteiger partial charge on any atom is -0.497 e. The summed E-state index contributed by atoms with van der Waals surface area (Å²) in [5.74, 6) is 1.62. The van der Waals surface area contributed by atoms with Crippen LogP contribution in [0.4, 0.5) is 0 Å². The zero-order valence-corrected chi connectivity index (χ0v) is 17.8. The molecule has 5 heteroatoms. The SMILES string of the molecule is COc1ccc(CN2C(=O)C=CC2c2c[nH]c3ccc(OCc4ccccc4)cc23)cc1. The molecule has 2 heterocycles. The highest BCUT2D eigenvalue weighted by Crippen LogP contribution is 2.35. The van der Waals surface area contributed by atoms with Crippen LogP contribution in [-0.4, -0.2) is 22.9 Å². The third-order valence-corrected chi connectivity index (χ3v) is 5.80. The van der Waals surface area contributed by atoms with E-state index in [4.69, 9.17) is 9.47 Å². The molecule has 5 nitrogen and oxygen atoms in total. The molecular formula is C27H24N2O3. The molecular weight excluding hydrogens is 400 g/mol. The van der Waals surface area contributed by atoms with Crippen molar-refractivity contribution < 1.29 is 14.3 Å². The predicted molar refractivity (Wildman–Crippen MR) is 124 cm³/mol. The van der Waals surface area contributed by atoms with Gasteiger partial charge in [0.1, 0.15) is 18.1 Å². The molecule has 1 aromatic heterocycles. The van der Waals surface area contributed by atoms with Crippen LogP contribution in [0.2, 0.25) is 0 Å². The van der Waals surface area contributed by atoms with Crippen LogP contribution in [0, 0.1) is 0 Å². The second-order valence-electron chi connectivity index (χ2n) is 7.84. The molecule has 160 valence electrons. The first kappa shape index (κ1) is 19.9. The standard InChI is InChI=1S/C27H24N2O3/c1-31-21-9-7-19(8-10-21)17-29-26(13-14-27(29)30)24-16-28-25-12-11-22(15-23(24)25)32-18-20-5-3-2-4-6-20/h2-16,26,28H,17-18H2,1H3. The average Bonchev–Trinajstić information content (AvgIpc) is 3.41. The molecule has 0 fully saturated rings. The van der Waals surface area contributed by atoms with Gasteiger partial charge >= 0.3 is 0 Å². The van der Waals surface area contributed by atoms with Gasteiger partial charge in [-0.3, -0.25) is 4.79 Å². The van der Waals surface area contributed by atoms with Gasteiger partial charge in [-0.2, -0.15) is 0 Å². The van der Waals surface area contributed by atoms with Crippen molar-refractivity contribution in [3.8, 4) is 11.5 Å². The summed E-state index contributed by atoms with van der Waals surface area (Å²) in [5, 5.41) is 1.06. The number of H-pyrrole nitrogens is 1. The predicted octanol–water partition coefficient (Wildman–Crippen LogP) is 5.40. The Hall–Kier alpha value is -3.99. The highest BCUT2D eigenvalue weighted by atomic mass is 16.5. The van der Waals surface area contributed by atoms with Gasteiger partial charge in [0.05, 0.1) is 13.2 Å². The lowest BCUT2D eigenvalue weighted by Crippen LogP contribution is -2.27. The molecule has 1 amide bonds. The average molecular weight is 425 g/mol. The van der Waals surface area contributed by atoms with Gasteiger partial charge in [0.15, 0.2) is 0 Å². The summed E-state index contributed by atoms with van der Waals surface area (Å²) in [4.78, 5) is 17.9. The second kappa shape index (κ2) is 8.63. The van der Waals surface area contributed by atoms with E-state index in [-0.39, 0.29) is 11.9 Å². The normalized spacial score (nSPS) is 15.5. The molecule has 1 aliphatic heterocycles. The Labute approximate surface area is 186 Å². The van der Waals surface area contributed by atoms with Crippen LogP contribution in [0.3, 0.4) is 0 Å². The van der Waals surface area contributed by atoms with Crippen LogP contribution in [0.1, 0.15) is 22.7 Å². The van der Waals surface area contributed by atoms with Gasteiger partial charge in [-0.1, -0.05) is 48.5 Å². The third kappa shape index (κ3) is 3.97. The Balaban J connectivity index is 1.39. The van der Waals surface area contributed by atoms with Crippen molar-refractivity contribution in [1.82, 2.24) is 9.88 Å². The number of nitrogens with zero attached hydrogens (tertiary/aromatic N) is 1. The number of rotatable bonds is 7. The first-order valence-electron chi connectivity index (χ1n) is 10.6. The van der Waals surface area contributed by atoms with Gasteiger partial charge in [-0.05, 0) is 41.5 Å². The quantitative estimate of drug-likeness (QED) is 0.432. The van der Waals surface area contributed by atoms with Crippen molar-refractivity contribution in [3.05, 3.63) is 108 Å². The number of nitrogens with one attached hydrogen (secondary N) is 1. The Morgan fingerprint density at radius 3 is 2.50 bits per heavy atom. The topological polar surface area (TPSA) is 54.6 Å². The lowest BCUT2D eigenvalue weighted by Gasteiger charge is -2.25. The van der Waals surface area contributed by atoms with E-state index in [0.717, 1.165) is 39.1 Å². The van der Waals surface area contributed by atoms with Crippen LogP contribution in [0.5, 0.6) is 11.5 Å². The number of aromatic nitrogens is 1. The highest BCUT2D eigenvalue weighted by Gasteiger charge is 2.29. The summed E-state index contributed by atoms with van der Waals surface area (Å²) in [5.41, 5.74) is 4.25. The summed E-state index contributed by atoms with van der Waals surface area (Å²) in [6.07, 6.45) is 5.61. The maximum absolute atomic E-state index is 12.6. The van der Waals surface area contributed by atoms with Crippen LogP contribution < -0.4 is 9.47 Å². The number of carbonyl (C=O) groups is 1. The number of methoxy groups -OCH3 is 1. The fourth-order valence-electron chi connectivity index (χ4n) is 4.08. The molecule has 0 saturated heterocycles. The van der Waals surface area contributed by atoms with Crippen molar-refractivity contribution in [3.63, 3.8) is 0 Å². The van der Waals surface area contributed by atoms with Crippen LogP contribution in [0.25, 0.3) is 10.9 Å². The smallest absolute Gasteiger partial charge is 0.247 e. The van der Waals surface area contributed by atoms with E-state index >= 15 is 0 Å². The van der Waals surface area contributed by atoms with Gasteiger partial charge < -0.3 is 19.4 Å². The number of benzene rings is 3. The molecule has 5 rings (SSSR count). The minimum atomic E-state index is -0.136. The van der Waals surface area contributed by atoms with Crippen LogP contribution >= 0.6 is 0 Å². The molecule has 1 unspecified atom stereocenters. The zero-order valence-electron chi connectivity index (χ0n) is 17.8. The molecule has 1 aliphatic rings. The van der Waals surface area contributed by atoms with Crippen LogP contribution in [-0.2, 0) is 17.9 Å². The van der Waals surface area contributed by atoms with E-state index in [1.54, 1.807) is 13.2 Å². The number of ether oxygens (including phenoxy) is 2. The first-order valence-corrected chi connectivity index (χ1v) is 10.6. The summed E-state index contributed by atoms with van der Waals surface area (Å²) in [7, 11) is 1.65. The number of carbonyl (C=O) groups excluding carboxylic acids is 1. The molecule has 32 heavy (non-hydrogen) atoms. The largest absolute Gasteiger partial charge is 0.497 e. The Morgan fingerprint density at radius 2 is 1.72 bits per heavy atom. The number of aromatic amines is 1. The maximum Gasteiger partial charge on any atom is 0.247 e. The van der Waals surface area contributed by atoms with Crippen molar-refractivity contribution in [2.24, 2.45) is 0 Å². The second-order valence-corrected chi connectivity index (χ2v) is 7.84. The van der Waals surface area contributed by atoms with Gasteiger partial charge in [-0.25, -0.2) is 0 Å². The van der Waals surface area contributed by atoms with E-state index in [1.165, 1.54) is 0 Å². The van der Waals surface area contributed by atoms with E-state index in [9.17, 15) is 4.79 Å². The molecule has 0 saturated carbocycles. The summed E-state index contributed by atoms with van der Waals surface area (Å²) < 4.78 is 11.3. The Kier molecular flexibility index (Phi) is 5.38. The Morgan fingerprint density at radius 1 is 0.938 bits per heavy atom. The third-order valence-electron chi connectivity index (χ3n) is 5.80. The molecule has 0 spiro atoms. The number of fused-ring (bicyclic) bond motifs is 1. The summed E-state index contributed by atoms with van der Waals surface area (Å²) >= 11 is 0. The van der Waals surface area contributed by atoms with Crippen molar-refractivity contribution in [2.45, 2.75) is 19.2 Å². The van der Waals surface area contributed by atoms with E-state index in [0.29, 0.717) is 13.2 Å². The molecule has 1 N–H and O–H groups in total. The van der Waals surface area contributed by atoms with E-state index < -0.39 is 0 Å². The number of amides is 1. The van der Waals surface area contributed by atoms with Crippen molar-refractivity contribution in [2.75, 3.05) is 7.11 Å². The molecule has 4 aromatic rings. The molecule has 0 bridgehead atoms. The van der Waals surface area contributed by atoms with Crippen molar-refractivity contribution in [1.29, 1.82) is 0 Å². The highest BCUT2D eigenvalue weighted by molar-refractivity contribution is 5.93. The summed E-state index contributed by atoms with van der Waals surface area (Å²) in [6, 6.07) is 23.8. The van der Waals surface area contributed by atoms with E-state index in [2.05, 4.69) is 4.98 Å². The van der Waals surface area contributed by atoms with Gasteiger partial charge in [0.25, 0.3) is 0 Å². The zero-order chi connectivity index (χ0) is 21.9. The van der Waals surface area contributed by atoms with Gasteiger partial charge in [-0.15, -0.1) is 0 Å².